The highest BCUT2D eigenvalue weighted by atomic mass is 28.3. The number of imide groups is 1. The third-order valence-corrected chi connectivity index (χ3v) is 32.4. The van der Waals surface area contributed by atoms with Crippen LogP contribution in [0.5, 0.6) is 0 Å². The predicted molar refractivity (Wildman–Crippen MR) is 209 cm³/mol. The van der Waals surface area contributed by atoms with Crippen molar-refractivity contribution in [2.75, 3.05) is 6.61 Å². The van der Waals surface area contributed by atoms with E-state index in [0.717, 1.165) is 4.57 Å². The molecule has 1 fully saturated rings. The maximum Gasteiger partial charge on any atom is 0.330 e. The molecule has 0 saturated carbocycles. The van der Waals surface area contributed by atoms with Crippen LogP contribution in [0.25, 0.3) is 0 Å². The largest absolute Gasteiger partial charge is 0.394 e. The number of rotatable bonds is 9. The number of hydrogen-bond acceptors (Lipinski definition) is 9. The SMILES string of the molecule is CC(C)(C)[Si](C)(C)C(O)[C@H]1O[C@@H](n2cc(CCON3C(=O)c4ccccc4C3=O)c(=O)[nH]c2=O)[C@@](O)([Si](C)(C)C(C)(C)C)[C@@]1(O)[Si](C)(C)C(C)(C)C. The summed E-state index contributed by atoms with van der Waals surface area (Å²) in [4.78, 5) is 60.8. The number of amides is 2. The molecule has 0 spiro atoms. The Morgan fingerprint density at radius 1 is 0.808 bits per heavy atom. The summed E-state index contributed by atoms with van der Waals surface area (Å²) in [5.74, 6) is -1.23. The Hall–Kier alpha value is -2.51. The van der Waals surface area contributed by atoms with E-state index in [1.54, 1.807) is 12.1 Å². The first-order valence-corrected chi connectivity index (χ1v) is 27.1. The van der Waals surface area contributed by atoms with Crippen LogP contribution in [0, 0.1) is 0 Å². The number of benzene rings is 1. The molecule has 2 aliphatic heterocycles. The van der Waals surface area contributed by atoms with Gasteiger partial charge in [0.15, 0.2) is 6.23 Å². The molecule has 1 unspecified atom stereocenters. The molecule has 5 atom stereocenters. The van der Waals surface area contributed by atoms with Crippen molar-refractivity contribution in [3.63, 3.8) is 0 Å². The van der Waals surface area contributed by atoms with Crippen molar-refractivity contribution in [3.8, 4) is 0 Å². The van der Waals surface area contributed by atoms with Gasteiger partial charge in [-0.2, -0.15) is 0 Å². The number of carbonyl (C=O) groups excluding carboxylic acids is 2. The number of nitrogens with zero attached hydrogens (tertiary/aromatic N) is 2. The minimum atomic E-state index is -3.24. The standard InChI is InChI=1S/C37H61N3O9Si3/c1-33(2,3)50(10,11)30(44)26-36(46,51(12,13)34(4,5)6)37(47,52(14,15)35(7,8)9)31(49-26)39-22-23(27(41)38-32(39)45)20-21-48-40-28(42)24-18-16-17-19-25(24)29(40)43/h16-19,22,26,30-31,44,46-47H,20-21H2,1-15H3,(H,38,41,45)/t26-,30?,31-,36+,37-/m1/s1. The minimum Gasteiger partial charge on any atom is -0.394 e. The van der Waals surface area contributed by atoms with Gasteiger partial charge in [0.05, 0.1) is 47.7 Å². The number of H-pyrrole nitrogens is 1. The van der Waals surface area contributed by atoms with Crippen LogP contribution in [-0.4, -0.2) is 94.9 Å². The zero-order valence-corrected chi connectivity index (χ0v) is 36.7. The summed E-state index contributed by atoms with van der Waals surface area (Å²) in [5, 5.41) is 35.3. The molecule has 12 nitrogen and oxygen atoms in total. The van der Waals surface area contributed by atoms with Crippen LogP contribution in [0.3, 0.4) is 0 Å². The number of aliphatic hydroxyl groups is 3. The van der Waals surface area contributed by atoms with Gasteiger partial charge < -0.3 is 20.1 Å². The average Bonchev–Trinajstić information content (AvgIpc) is 3.40. The van der Waals surface area contributed by atoms with E-state index >= 15 is 0 Å². The second kappa shape index (κ2) is 13.1. The van der Waals surface area contributed by atoms with Gasteiger partial charge in [-0.15, -0.1) is 5.06 Å². The summed E-state index contributed by atoms with van der Waals surface area (Å²) in [7, 11) is -9.14. The minimum absolute atomic E-state index is 0.0710. The van der Waals surface area contributed by atoms with Crippen LogP contribution in [0.2, 0.25) is 54.4 Å². The van der Waals surface area contributed by atoms with Crippen LogP contribution in [-0.2, 0) is 16.0 Å². The smallest absolute Gasteiger partial charge is 0.330 e. The summed E-state index contributed by atoms with van der Waals surface area (Å²) in [6.07, 6.45) is -1.56. The summed E-state index contributed by atoms with van der Waals surface area (Å²) in [6.45, 7) is 30.1. The highest BCUT2D eigenvalue weighted by molar-refractivity contribution is 6.90. The number of ether oxygens (including phenoxy) is 1. The van der Waals surface area contributed by atoms with Gasteiger partial charge >= 0.3 is 5.69 Å². The zero-order valence-electron chi connectivity index (χ0n) is 33.7. The Morgan fingerprint density at radius 3 is 1.71 bits per heavy atom. The number of hydroxylamine groups is 2. The summed E-state index contributed by atoms with van der Waals surface area (Å²) in [6, 6.07) is 6.36. The Balaban J connectivity index is 1.91. The molecule has 0 bridgehead atoms. The average molecular weight is 776 g/mol. The van der Waals surface area contributed by atoms with E-state index in [1.165, 1.54) is 18.3 Å². The van der Waals surface area contributed by atoms with Gasteiger partial charge in [-0.1, -0.05) is 114 Å². The lowest BCUT2D eigenvalue weighted by Gasteiger charge is -2.62. The van der Waals surface area contributed by atoms with Gasteiger partial charge in [0.2, 0.25) is 0 Å². The maximum absolute atomic E-state index is 13.9. The lowest BCUT2D eigenvalue weighted by molar-refractivity contribution is -0.0905. The predicted octanol–water partition coefficient (Wildman–Crippen LogP) is 5.17. The van der Waals surface area contributed by atoms with E-state index in [1.807, 2.05) is 80.8 Å². The fourth-order valence-corrected chi connectivity index (χ4v) is 17.5. The molecular formula is C37H61N3O9Si3. The molecule has 2 aromatic rings. The van der Waals surface area contributed by atoms with Gasteiger partial charge in [0.25, 0.3) is 17.4 Å². The number of hydrogen-bond donors (Lipinski definition) is 4. The molecule has 4 N–H and O–H groups in total. The molecule has 1 aromatic carbocycles. The van der Waals surface area contributed by atoms with Gasteiger partial charge in [0.1, 0.15) is 16.6 Å². The molecule has 1 saturated heterocycles. The second-order valence-corrected chi connectivity index (χ2v) is 36.0. The van der Waals surface area contributed by atoms with E-state index in [-0.39, 0.29) is 34.8 Å². The van der Waals surface area contributed by atoms with E-state index in [4.69, 9.17) is 9.57 Å². The van der Waals surface area contributed by atoms with Crippen molar-refractivity contribution in [2.45, 2.75) is 152 Å². The molecule has 3 heterocycles. The summed E-state index contributed by atoms with van der Waals surface area (Å²) < 4.78 is 8.03. The van der Waals surface area contributed by atoms with Crippen LogP contribution in [0.1, 0.15) is 94.8 Å². The first-order chi connectivity index (χ1) is 23.3. The molecule has 2 aliphatic rings. The molecule has 290 valence electrons. The van der Waals surface area contributed by atoms with Crippen LogP contribution in [0.4, 0.5) is 0 Å². The quantitative estimate of drug-likeness (QED) is 0.198. The molecule has 2 amide bonds. The highest BCUT2D eigenvalue weighted by Gasteiger charge is 2.81. The Labute approximate surface area is 310 Å². The van der Waals surface area contributed by atoms with Gasteiger partial charge in [-0.3, -0.25) is 28.8 Å². The summed E-state index contributed by atoms with van der Waals surface area (Å²) >= 11 is 0. The van der Waals surface area contributed by atoms with Crippen molar-refractivity contribution in [1.82, 2.24) is 14.6 Å². The third kappa shape index (κ3) is 6.03. The number of carbonyl (C=O) groups is 2. The first kappa shape index (κ1) is 42.2. The molecule has 0 aliphatic carbocycles. The number of aromatic nitrogens is 2. The van der Waals surface area contributed by atoms with E-state index in [0.29, 0.717) is 5.06 Å². The zero-order chi connectivity index (χ0) is 40.0. The van der Waals surface area contributed by atoms with Gasteiger partial charge in [-0.05, 0) is 27.2 Å². The van der Waals surface area contributed by atoms with Crippen LogP contribution >= 0.6 is 0 Å². The van der Waals surface area contributed by atoms with Crippen LogP contribution < -0.4 is 11.2 Å². The number of nitrogens with one attached hydrogen (secondary N) is 1. The lowest BCUT2D eigenvalue weighted by atomic mass is 10.1. The van der Waals surface area contributed by atoms with Crippen molar-refractivity contribution in [1.29, 1.82) is 0 Å². The van der Waals surface area contributed by atoms with Crippen molar-refractivity contribution in [2.24, 2.45) is 0 Å². The number of aromatic amines is 1. The fourth-order valence-electron chi connectivity index (χ4n) is 7.30. The normalized spacial score (nSPS) is 25.5. The number of aliphatic hydroxyl groups excluding tert-OH is 1. The van der Waals surface area contributed by atoms with Crippen molar-refractivity contribution >= 4 is 36.0 Å². The molecular weight excluding hydrogens is 715 g/mol. The Bertz CT molecular complexity index is 1820. The molecule has 15 heteroatoms. The van der Waals surface area contributed by atoms with Gasteiger partial charge in [0, 0.05) is 18.2 Å². The Kier molecular flexibility index (Phi) is 10.6. The monoisotopic (exact) mass is 775 g/mol. The molecule has 4 rings (SSSR count). The third-order valence-electron chi connectivity index (χ3n) is 13.9. The topological polar surface area (TPSA) is 171 Å². The van der Waals surface area contributed by atoms with E-state index < -0.39 is 85.9 Å². The maximum atomic E-state index is 13.9. The molecule has 1 aromatic heterocycles. The second-order valence-electron chi connectivity index (χ2n) is 19.5. The first-order valence-electron chi connectivity index (χ1n) is 18.1. The van der Waals surface area contributed by atoms with Crippen molar-refractivity contribution in [3.05, 3.63) is 68.0 Å². The van der Waals surface area contributed by atoms with E-state index in [2.05, 4.69) is 25.8 Å². The van der Waals surface area contributed by atoms with Gasteiger partial charge in [-0.25, -0.2) is 4.79 Å². The number of fused-ring (bicyclic) bond motifs is 1. The van der Waals surface area contributed by atoms with E-state index in [9.17, 15) is 34.5 Å². The highest BCUT2D eigenvalue weighted by Crippen LogP contribution is 2.63. The fraction of sp³-hybridized carbons (Fsp3) is 0.676. The Morgan fingerprint density at radius 2 is 1.27 bits per heavy atom. The van der Waals surface area contributed by atoms with Crippen molar-refractivity contribution < 1.29 is 34.5 Å². The lowest BCUT2D eigenvalue weighted by Crippen LogP contribution is -2.83. The molecule has 0 radical (unpaired) electrons. The molecule has 52 heavy (non-hydrogen) atoms. The summed E-state index contributed by atoms with van der Waals surface area (Å²) in [5.41, 5.74) is -2.21. The van der Waals surface area contributed by atoms with Crippen LogP contribution in [0.15, 0.2) is 40.1 Å².